The third-order valence-electron chi connectivity index (χ3n) is 4.87. The van der Waals surface area contributed by atoms with Gasteiger partial charge < -0.3 is 5.32 Å². The zero-order chi connectivity index (χ0) is 22.6. The topological polar surface area (TPSA) is 100 Å². The number of aryl methyl sites for hydroxylation is 1. The third-order valence-corrected chi connectivity index (χ3v) is 7.21. The van der Waals surface area contributed by atoms with Crippen LogP contribution >= 0.6 is 12.2 Å². The van der Waals surface area contributed by atoms with Crippen molar-refractivity contribution >= 4 is 28.1 Å². The number of H-pyrrole nitrogens is 1. The van der Waals surface area contributed by atoms with Crippen LogP contribution in [0.15, 0.2) is 53.4 Å². The molecule has 0 atom stereocenters. The highest BCUT2D eigenvalue weighted by Gasteiger charge is 2.21. The van der Waals surface area contributed by atoms with Crippen LogP contribution in [0.4, 0.5) is 0 Å². The Hall–Kier alpha value is -2.82. The molecule has 8 nitrogen and oxygen atoms in total. The molecule has 0 unspecified atom stereocenters. The number of nitrogens with one attached hydrogen (secondary N) is 2. The van der Waals surface area contributed by atoms with Gasteiger partial charge in [0.05, 0.1) is 11.4 Å². The number of aromatic nitrogens is 3. The monoisotopic (exact) mass is 459 g/mol. The first kappa shape index (κ1) is 22.9. The number of hydrogen-bond donors (Lipinski definition) is 2. The van der Waals surface area contributed by atoms with Crippen molar-refractivity contribution in [3.63, 3.8) is 0 Å². The average Bonchev–Trinajstić information content (AvgIpc) is 3.13. The second-order valence-electron chi connectivity index (χ2n) is 6.92. The zero-order valence-corrected chi connectivity index (χ0v) is 19.3. The molecule has 1 heterocycles. The SMILES string of the molecule is CCN(CC)S(=O)(=O)c1ccc(C(=O)NCc2n[nH]c(=S)n2-c2cccc(C)c2)cc1. The molecule has 0 aliphatic rings. The van der Waals surface area contributed by atoms with Crippen LogP contribution in [0.1, 0.15) is 35.6 Å². The van der Waals surface area contributed by atoms with E-state index in [9.17, 15) is 13.2 Å². The van der Waals surface area contributed by atoms with Gasteiger partial charge in [0.15, 0.2) is 10.6 Å². The molecular formula is C21H25N5O3S2. The van der Waals surface area contributed by atoms with E-state index in [0.29, 0.717) is 29.2 Å². The summed E-state index contributed by atoms with van der Waals surface area (Å²) < 4.78 is 28.7. The van der Waals surface area contributed by atoms with Crippen LogP contribution < -0.4 is 5.32 Å². The fraction of sp³-hybridized carbons (Fsp3) is 0.286. The Kier molecular flexibility index (Phi) is 7.04. The lowest BCUT2D eigenvalue weighted by Crippen LogP contribution is -2.30. The molecule has 0 radical (unpaired) electrons. The molecule has 0 aliphatic carbocycles. The van der Waals surface area contributed by atoms with E-state index >= 15 is 0 Å². The highest BCUT2D eigenvalue weighted by atomic mass is 32.2. The Bertz CT molecular complexity index is 1230. The van der Waals surface area contributed by atoms with Gasteiger partial charge in [-0.05, 0) is 61.1 Å². The molecule has 0 spiro atoms. The summed E-state index contributed by atoms with van der Waals surface area (Å²) in [5, 5.41) is 9.78. The Balaban J connectivity index is 1.75. The lowest BCUT2D eigenvalue weighted by atomic mass is 10.2. The van der Waals surface area contributed by atoms with Crippen molar-refractivity contribution in [2.75, 3.05) is 13.1 Å². The van der Waals surface area contributed by atoms with Crippen molar-refractivity contribution in [2.24, 2.45) is 0 Å². The number of carbonyl (C=O) groups is 1. The summed E-state index contributed by atoms with van der Waals surface area (Å²) >= 11 is 5.33. The third kappa shape index (κ3) is 4.92. The van der Waals surface area contributed by atoms with Crippen LogP contribution in [0.3, 0.4) is 0 Å². The van der Waals surface area contributed by atoms with Crippen LogP contribution in [-0.2, 0) is 16.6 Å². The highest BCUT2D eigenvalue weighted by molar-refractivity contribution is 7.89. The molecule has 10 heteroatoms. The minimum absolute atomic E-state index is 0.152. The first-order valence-corrected chi connectivity index (χ1v) is 11.7. The maximum absolute atomic E-state index is 12.6. The molecule has 1 aromatic heterocycles. The van der Waals surface area contributed by atoms with Crippen LogP contribution in [0.5, 0.6) is 0 Å². The van der Waals surface area contributed by atoms with E-state index in [2.05, 4.69) is 15.5 Å². The minimum atomic E-state index is -3.56. The molecular weight excluding hydrogens is 434 g/mol. The average molecular weight is 460 g/mol. The Labute approximate surface area is 187 Å². The second kappa shape index (κ2) is 9.54. The number of rotatable bonds is 8. The molecule has 31 heavy (non-hydrogen) atoms. The van der Waals surface area contributed by atoms with Gasteiger partial charge in [-0.3, -0.25) is 14.5 Å². The molecule has 0 fully saturated rings. The van der Waals surface area contributed by atoms with Crippen LogP contribution in [0.2, 0.25) is 0 Å². The normalized spacial score (nSPS) is 11.6. The van der Waals surface area contributed by atoms with Crippen LogP contribution in [0, 0.1) is 11.7 Å². The van der Waals surface area contributed by atoms with Gasteiger partial charge in [-0.15, -0.1) is 0 Å². The van der Waals surface area contributed by atoms with E-state index in [1.54, 1.807) is 18.4 Å². The molecule has 164 valence electrons. The van der Waals surface area contributed by atoms with Gasteiger partial charge in [0.2, 0.25) is 10.0 Å². The molecule has 0 bridgehead atoms. The number of amides is 1. The predicted molar refractivity (Wildman–Crippen MR) is 121 cm³/mol. The van der Waals surface area contributed by atoms with Crippen LogP contribution in [-0.4, -0.2) is 46.5 Å². The largest absolute Gasteiger partial charge is 0.345 e. The summed E-state index contributed by atoms with van der Waals surface area (Å²) in [7, 11) is -3.56. The van der Waals surface area contributed by atoms with Gasteiger partial charge in [0.25, 0.3) is 5.91 Å². The fourth-order valence-electron chi connectivity index (χ4n) is 3.23. The molecule has 0 aliphatic heterocycles. The Morgan fingerprint density at radius 2 is 1.84 bits per heavy atom. The van der Waals surface area contributed by atoms with Gasteiger partial charge in [0.1, 0.15) is 0 Å². The zero-order valence-electron chi connectivity index (χ0n) is 17.6. The lowest BCUT2D eigenvalue weighted by molar-refractivity contribution is 0.0949. The van der Waals surface area contributed by atoms with Gasteiger partial charge >= 0.3 is 0 Å². The van der Waals surface area contributed by atoms with Gasteiger partial charge in [0, 0.05) is 24.3 Å². The Morgan fingerprint density at radius 1 is 1.16 bits per heavy atom. The lowest BCUT2D eigenvalue weighted by Gasteiger charge is -2.18. The summed E-state index contributed by atoms with van der Waals surface area (Å²) in [6.07, 6.45) is 0. The predicted octanol–water partition coefficient (Wildman–Crippen LogP) is 3.20. The van der Waals surface area contributed by atoms with Crippen molar-refractivity contribution in [3.05, 3.63) is 70.3 Å². The maximum Gasteiger partial charge on any atom is 0.251 e. The highest BCUT2D eigenvalue weighted by Crippen LogP contribution is 2.17. The number of nitrogens with zero attached hydrogens (tertiary/aromatic N) is 3. The van der Waals surface area contributed by atoms with E-state index < -0.39 is 10.0 Å². The molecule has 0 saturated carbocycles. The first-order valence-electron chi connectivity index (χ1n) is 9.89. The second-order valence-corrected chi connectivity index (χ2v) is 9.24. The quantitative estimate of drug-likeness (QED) is 0.504. The number of sulfonamides is 1. The summed E-state index contributed by atoms with van der Waals surface area (Å²) in [5.74, 6) is 0.223. The van der Waals surface area contributed by atoms with Crippen molar-refractivity contribution in [2.45, 2.75) is 32.2 Å². The van der Waals surface area contributed by atoms with E-state index in [1.165, 1.54) is 28.6 Å². The fourth-order valence-corrected chi connectivity index (χ4v) is 4.95. The summed E-state index contributed by atoms with van der Waals surface area (Å²) in [6, 6.07) is 13.7. The van der Waals surface area contributed by atoms with Crippen molar-refractivity contribution < 1.29 is 13.2 Å². The molecule has 1 amide bonds. The molecule has 2 aromatic carbocycles. The molecule has 0 saturated heterocycles. The number of benzene rings is 2. The van der Waals surface area contributed by atoms with Crippen molar-refractivity contribution in [1.82, 2.24) is 24.4 Å². The molecule has 3 rings (SSSR count). The van der Waals surface area contributed by atoms with Gasteiger partial charge in [-0.25, -0.2) is 8.42 Å². The van der Waals surface area contributed by atoms with E-state index in [-0.39, 0.29) is 17.3 Å². The van der Waals surface area contributed by atoms with Crippen molar-refractivity contribution in [1.29, 1.82) is 0 Å². The number of hydrogen-bond acceptors (Lipinski definition) is 5. The number of carbonyl (C=O) groups excluding carboxylic acids is 1. The standard InChI is InChI=1S/C21H25N5O3S2/c1-4-25(5-2)31(28,29)18-11-9-16(10-12-18)20(27)22-14-19-23-24-21(30)26(19)17-8-6-7-15(3)13-17/h6-13H,4-5,14H2,1-3H3,(H,22,27)(H,24,30). The van der Waals surface area contributed by atoms with E-state index in [4.69, 9.17) is 12.2 Å². The van der Waals surface area contributed by atoms with E-state index in [0.717, 1.165) is 11.3 Å². The summed E-state index contributed by atoms with van der Waals surface area (Å²) in [4.78, 5) is 12.7. The van der Waals surface area contributed by atoms with Gasteiger partial charge in [-0.1, -0.05) is 26.0 Å². The van der Waals surface area contributed by atoms with Gasteiger partial charge in [-0.2, -0.15) is 9.40 Å². The van der Waals surface area contributed by atoms with Crippen LogP contribution in [0.25, 0.3) is 5.69 Å². The maximum atomic E-state index is 12.6. The number of aromatic amines is 1. The van der Waals surface area contributed by atoms with E-state index in [1.807, 2.05) is 31.2 Å². The smallest absolute Gasteiger partial charge is 0.251 e. The van der Waals surface area contributed by atoms with Crippen molar-refractivity contribution in [3.8, 4) is 5.69 Å². The Morgan fingerprint density at radius 3 is 2.45 bits per heavy atom. The first-order chi connectivity index (χ1) is 14.8. The summed E-state index contributed by atoms with van der Waals surface area (Å²) in [6.45, 7) is 6.48. The summed E-state index contributed by atoms with van der Waals surface area (Å²) in [5.41, 5.74) is 2.29. The minimum Gasteiger partial charge on any atom is -0.345 e. The molecule has 3 aromatic rings. The molecule has 2 N–H and O–H groups in total.